The number of ether oxygens (including phenoxy) is 2. The molecule has 0 spiro atoms. The lowest BCUT2D eigenvalue weighted by Crippen LogP contribution is -2.42. The quantitative estimate of drug-likeness (QED) is 0.614. The fraction of sp³-hybridized carbons (Fsp3) is 0.409. The number of likely N-dealkylation sites (tertiary alicyclic amines) is 1. The van der Waals surface area contributed by atoms with Crippen molar-refractivity contribution >= 4 is 17.1 Å². The van der Waals surface area contributed by atoms with Gasteiger partial charge in [0.25, 0.3) is 0 Å². The molecule has 4 rings (SSSR count). The fourth-order valence-corrected chi connectivity index (χ4v) is 3.73. The summed E-state index contributed by atoms with van der Waals surface area (Å²) in [4.78, 5) is 22.3. The lowest BCUT2D eigenvalue weighted by atomic mass is 10.1. The van der Waals surface area contributed by atoms with Gasteiger partial charge in [-0.15, -0.1) is 0 Å². The number of nitriles is 1. The molecule has 32 heavy (non-hydrogen) atoms. The highest BCUT2D eigenvalue weighted by Crippen LogP contribution is 2.33. The van der Waals surface area contributed by atoms with E-state index in [2.05, 4.69) is 15.1 Å². The smallest absolute Gasteiger partial charge is 0.410 e. The number of benzene rings is 1. The highest BCUT2D eigenvalue weighted by atomic mass is 19.1. The number of nitrogens with zero attached hydrogens (tertiary/aromatic N) is 6. The van der Waals surface area contributed by atoms with E-state index in [1.165, 1.54) is 17.1 Å². The van der Waals surface area contributed by atoms with Crippen LogP contribution in [0, 0.1) is 17.1 Å². The third kappa shape index (κ3) is 4.19. The molecule has 1 aliphatic rings. The first-order chi connectivity index (χ1) is 15.4. The number of fused-ring (bicyclic) bond motifs is 1. The van der Waals surface area contributed by atoms with E-state index in [1.807, 2.05) is 19.9 Å². The minimum atomic E-state index is -0.532. The molecule has 1 amide bonds. The lowest BCUT2D eigenvalue weighted by molar-refractivity contribution is 0.0510. The Balaban J connectivity index is 1.55. The number of aromatic nitrogens is 4. The number of carbonyl (C=O) groups is 1. The number of hydrogen-bond acceptors (Lipinski definition) is 7. The van der Waals surface area contributed by atoms with Crippen LogP contribution >= 0.6 is 0 Å². The van der Waals surface area contributed by atoms with E-state index in [1.54, 1.807) is 24.1 Å². The van der Waals surface area contributed by atoms with E-state index < -0.39 is 5.82 Å². The van der Waals surface area contributed by atoms with E-state index in [4.69, 9.17) is 14.7 Å². The molecule has 0 unspecified atom stereocenters. The first-order valence-corrected chi connectivity index (χ1v) is 10.4. The van der Waals surface area contributed by atoms with Crippen LogP contribution in [0.1, 0.15) is 32.3 Å². The molecule has 1 aromatic carbocycles. The van der Waals surface area contributed by atoms with Crippen LogP contribution in [0.15, 0.2) is 24.5 Å². The molecule has 3 heterocycles. The molecular formula is C22H23FN6O3. The summed E-state index contributed by atoms with van der Waals surface area (Å²) in [7, 11) is 1.69. The third-order valence-electron chi connectivity index (χ3n) is 5.25. The molecule has 1 saturated heterocycles. The number of carbonyl (C=O) groups excluding carboxylic acids is 1. The molecule has 3 aromatic rings. The molecule has 1 aliphatic heterocycles. The summed E-state index contributed by atoms with van der Waals surface area (Å²) in [6.07, 6.45) is 1.99. The maximum absolute atomic E-state index is 14.7. The van der Waals surface area contributed by atoms with Crippen LogP contribution in [0.5, 0.6) is 5.88 Å². The Bertz CT molecular complexity index is 1190. The Morgan fingerprint density at radius 1 is 1.25 bits per heavy atom. The van der Waals surface area contributed by atoms with Crippen LogP contribution < -0.4 is 4.74 Å². The summed E-state index contributed by atoms with van der Waals surface area (Å²) in [6.45, 7) is 4.68. The molecular weight excluding hydrogens is 415 g/mol. The Kier molecular flexibility index (Phi) is 5.90. The minimum Gasteiger partial charge on any atom is -0.473 e. The molecule has 166 valence electrons. The van der Waals surface area contributed by atoms with Gasteiger partial charge in [-0.3, -0.25) is 4.68 Å². The minimum absolute atomic E-state index is 0.145. The summed E-state index contributed by atoms with van der Waals surface area (Å²) in [5, 5.41) is 13.5. The summed E-state index contributed by atoms with van der Waals surface area (Å²) in [5.41, 5.74) is 1.88. The van der Waals surface area contributed by atoms with Crippen molar-refractivity contribution < 1.29 is 18.7 Å². The normalized spacial score (nSPS) is 14.6. The van der Waals surface area contributed by atoms with Gasteiger partial charge in [-0.05, 0) is 32.0 Å². The van der Waals surface area contributed by atoms with Gasteiger partial charge in [0.1, 0.15) is 23.8 Å². The van der Waals surface area contributed by atoms with Crippen molar-refractivity contribution in [2.45, 2.75) is 38.9 Å². The van der Waals surface area contributed by atoms with Gasteiger partial charge in [-0.2, -0.15) is 15.3 Å². The van der Waals surface area contributed by atoms with Crippen molar-refractivity contribution in [3.05, 3.63) is 35.9 Å². The summed E-state index contributed by atoms with van der Waals surface area (Å²) >= 11 is 0. The van der Waals surface area contributed by atoms with Crippen molar-refractivity contribution in [2.24, 2.45) is 7.05 Å². The highest BCUT2D eigenvalue weighted by Gasteiger charge is 2.27. The zero-order valence-electron chi connectivity index (χ0n) is 18.1. The number of rotatable bonds is 4. The Labute approximate surface area is 184 Å². The van der Waals surface area contributed by atoms with Crippen molar-refractivity contribution in [3.63, 3.8) is 0 Å². The van der Waals surface area contributed by atoms with Crippen LogP contribution in [0.3, 0.4) is 0 Å². The fourth-order valence-electron chi connectivity index (χ4n) is 3.73. The first-order valence-electron chi connectivity index (χ1n) is 10.4. The maximum Gasteiger partial charge on any atom is 0.410 e. The third-order valence-corrected chi connectivity index (χ3v) is 5.25. The lowest BCUT2D eigenvalue weighted by Gasteiger charge is -2.31. The second kappa shape index (κ2) is 8.78. The highest BCUT2D eigenvalue weighted by molar-refractivity contribution is 5.92. The first kappa shape index (κ1) is 21.5. The van der Waals surface area contributed by atoms with Crippen LogP contribution in [0.4, 0.5) is 9.18 Å². The summed E-state index contributed by atoms with van der Waals surface area (Å²) in [6, 6.07) is 6.20. The monoisotopic (exact) mass is 438 g/mol. The van der Waals surface area contributed by atoms with E-state index in [-0.39, 0.29) is 29.4 Å². The van der Waals surface area contributed by atoms with Crippen molar-refractivity contribution in [3.8, 4) is 23.2 Å². The molecule has 1 fully saturated rings. The molecule has 0 bridgehead atoms. The van der Waals surface area contributed by atoms with E-state index in [9.17, 15) is 9.18 Å². The van der Waals surface area contributed by atoms with Gasteiger partial charge in [0, 0.05) is 38.5 Å². The second-order valence-corrected chi connectivity index (χ2v) is 7.89. The molecule has 10 heteroatoms. The molecule has 9 nitrogen and oxygen atoms in total. The van der Waals surface area contributed by atoms with Gasteiger partial charge < -0.3 is 14.4 Å². The number of hydrogen-bond donors (Lipinski definition) is 0. The second-order valence-electron chi connectivity index (χ2n) is 7.89. The number of aryl methyl sites for hydroxylation is 1. The van der Waals surface area contributed by atoms with Crippen molar-refractivity contribution in [1.29, 1.82) is 5.26 Å². The largest absolute Gasteiger partial charge is 0.473 e. The SMILES string of the molecule is CC(C)OC(=O)N1CCC(Oc2ncnc3c(-c4ccc(C#N)cc4F)n(C)nc23)CC1. The van der Waals surface area contributed by atoms with Crippen LogP contribution in [-0.4, -0.2) is 56.0 Å². The van der Waals surface area contributed by atoms with Gasteiger partial charge in [0.2, 0.25) is 5.88 Å². The van der Waals surface area contributed by atoms with Crippen molar-refractivity contribution in [1.82, 2.24) is 24.6 Å². The molecule has 0 N–H and O–H groups in total. The summed E-state index contributed by atoms with van der Waals surface area (Å²) < 4.78 is 27.5. The van der Waals surface area contributed by atoms with Gasteiger partial charge in [0.05, 0.1) is 23.4 Å². The van der Waals surface area contributed by atoms with E-state index >= 15 is 0 Å². The van der Waals surface area contributed by atoms with E-state index in [0.29, 0.717) is 48.5 Å². The van der Waals surface area contributed by atoms with Gasteiger partial charge in [-0.25, -0.2) is 14.2 Å². The van der Waals surface area contributed by atoms with Crippen LogP contribution in [0.25, 0.3) is 22.3 Å². The Morgan fingerprint density at radius 2 is 2.00 bits per heavy atom. The molecule has 0 atom stereocenters. The Hall–Kier alpha value is -3.74. The number of halogens is 1. The number of amides is 1. The van der Waals surface area contributed by atoms with E-state index in [0.717, 1.165) is 0 Å². The zero-order valence-corrected chi connectivity index (χ0v) is 18.1. The molecule has 2 aromatic heterocycles. The van der Waals surface area contributed by atoms with Gasteiger partial charge in [-0.1, -0.05) is 0 Å². The topological polar surface area (TPSA) is 106 Å². The standard InChI is InChI=1S/C22H23FN6O3/c1-13(2)31-22(30)29-8-6-15(7-9-29)32-21-19-18(25-12-26-21)20(28(3)27-19)16-5-4-14(11-24)10-17(16)23/h4-5,10,12-13,15H,6-9H2,1-3H3. The molecule has 0 radical (unpaired) electrons. The Morgan fingerprint density at radius 3 is 2.66 bits per heavy atom. The molecule has 0 aliphatic carbocycles. The predicted octanol–water partition coefficient (Wildman–Crippen LogP) is 3.43. The summed E-state index contributed by atoms with van der Waals surface area (Å²) in [5.74, 6) is -0.218. The maximum atomic E-state index is 14.7. The number of piperidine rings is 1. The molecule has 0 saturated carbocycles. The van der Waals surface area contributed by atoms with Gasteiger partial charge in [0.15, 0.2) is 5.52 Å². The van der Waals surface area contributed by atoms with Gasteiger partial charge >= 0.3 is 6.09 Å². The van der Waals surface area contributed by atoms with Crippen LogP contribution in [-0.2, 0) is 11.8 Å². The van der Waals surface area contributed by atoms with Crippen molar-refractivity contribution in [2.75, 3.05) is 13.1 Å². The predicted molar refractivity (Wildman–Crippen MR) is 113 cm³/mol. The average molecular weight is 438 g/mol. The average Bonchev–Trinajstić information content (AvgIpc) is 3.10. The zero-order chi connectivity index (χ0) is 22.8. The van der Waals surface area contributed by atoms with Crippen LogP contribution in [0.2, 0.25) is 0 Å².